The molecule has 0 saturated heterocycles. The average molecular weight is 247 g/mol. The predicted octanol–water partition coefficient (Wildman–Crippen LogP) is 2.92. The molecule has 0 aromatic heterocycles. The van der Waals surface area contributed by atoms with E-state index in [2.05, 4.69) is 5.32 Å². The lowest BCUT2D eigenvalue weighted by atomic mass is 10.1. The molecule has 0 saturated carbocycles. The van der Waals surface area contributed by atoms with Crippen molar-refractivity contribution >= 4 is 0 Å². The number of hydrogen-bond donors (Lipinski definition) is 1. The molecule has 1 aromatic carbocycles. The second-order valence-corrected chi connectivity index (χ2v) is 3.69. The number of alkyl halides is 3. The minimum Gasteiger partial charge on any atom is -0.372 e. The predicted molar refractivity (Wildman–Crippen MR) is 59.7 cm³/mol. The largest absolute Gasteiger partial charge is 0.391 e. The lowest BCUT2D eigenvalue weighted by molar-refractivity contribution is -0.149. The Morgan fingerprint density at radius 3 is 2.41 bits per heavy atom. The molecule has 0 bridgehead atoms. The summed E-state index contributed by atoms with van der Waals surface area (Å²) in [7, 11) is 1.74. The Labute approximate surface area is 98.8 Å². The zero-order chi connectivity index (χ0) is 12.7. The Bertz CT molecular complexity index is 313. The maximum absolute atomic E-state index is 12.0. The van der Waals surface area contributed by atoms with Gasteiger partial charge in [0.05, 0.1) is 19.1 Å². The number of likely N-dealkylation sites (N-methyl/N-ethyl adjacent to an activating group) is 1. The van der Waals surface area contributed by atoms with E-state index >= 15 is 0 Å². The van der Waals surface area contributed by atoms with Gasteiger partial charge in [0.1, 0.15) is 0 Å². The first-order chi connectivity index (χ1) is 8.03. The molecule has 2 nitrogen and oxygen atoms in total. The third kappa shape index (κ3) is 5.70. The standard InChI is InChI=1S/C12H16F3NO/c1-16-9-11(10-5-3-2-4-6-10)17-8-7-12(13,14)15/h2-6,11,16H,7-9H2,1H3. The van der Waals surface area contributed by atoms with E-state index in [9.17, 15) is 13.2 Å². The molecule has 1 aromatic rings. The van der Waals surface area contributed by atoms with Gasteiger partial charge in [-0.25, -0.2) is 0 Å². The van der Waals surface area contributed by atoms with Gasteiger partial charge in [0.15, 0.2) is 0 Å². The van der Waals surface area contributed by atoms with Crippen LogP contribution in [0.4, 0.5) is 13.2 Å². The van der Waals surface area contributed by atoms with Gasteiger partial charge in [-0.15, -0.1) is 0 Å². The van der Waals surface area contributed by atoms with Crippen LogP contribution in [0.25, 0.3) is 0 Å². The third-order valence-corrected chi connectivity index (χ3v) is 2.27. The summed E-state index contributed by atoms with van der Waals surface area (Å²) >= 11 is 0. The van der Waals surface area contributed by atoms with Gasteiger partial charge in [0.2, 0.25) is 0 Å². The highest BCUT2D eigenvalue weighted by atomic mass is 19.4. The Hall–Kier alpha value is -1.07. The lowest BCUT2D eigenvalue weighted by Gasteiger charge is -2.18. The van der Waals surface area contributed by atoms with Crippen molar-refractivity contribution in [3.05, 3.63) is 35.9 Å². The summed E-state index contributed by atoms with van der Waals surface area (Å²) in [5, 5.41) is 2.91. The zero-order valence-electron chi connectivity index (χ0n) is 9.63. The normalized spacial score (nSPS) is 13.6. The number of rotatable bonds is 6. The Morgan fingerprint density at radius 2 is 1.88 bits per heavy atom. The molecule has 17 heavy (non-hydrogen) atoms. The van der Waals surface area contributed by atoms with E-state index in [4.69, 9.17) is 4.74 Å². The van der Waals surface area contributed by atoms with Gasteiger partial charge in [-0.1, -0.05) is 30.3 Å². The summed E-state index contributed by atoms with van der Waals surface area (Å²) in [6, 6.07) is 9.22. The van der Waals surface area contributed by atoms with Gasteiger partial charge in [-0.3, -0.25) is 0 Å². The van der Waals surface area contributed by atoms with Crippen LogP contribution in [0.5, 0.6) is 0 Å². The molecule has 0 aliphatic heterocycles. The van der Waals surface area contributed by atoms with E-state index in [0.717, 1.165) is 5.56 Å². The average Bonchev–Trinajstić information content (AvgIpc) is 2.27. The molecule has 0 radical (unpaired) electrons. The first-order valence-electron chi connectivity index (χ1n) is 5.41. The summed E-state index contributed by atoms with van der Waals surface area (Å²) < 4.78 is 41.3. The minimum absolute atomic E-state index is 0.315. The molecular weight excluding hydrogens is 231 g/mol. The van der Waals surface area contributed by atoms with Crippen LogP contribution in [-0.4, -0.2) is 26.4 Å². The topological polar surface area (TPSA) is 21.3 Å². The van der Waals surface area contributed by atoms with E-state index in [1.54, 1.807) is 7.05 Å². The van der Waals surface area contributed by atoms with Gasteiger partial charge < -0.3 is 10.1 Å². The second-order valence-electron chi connectivity index (χ2n) is 3.69. The Kier molecular flexibility index (Phi) is 5.44. The molecule has 96 valence electrons. The summed E-state index contributed by atoms with van der Waals surface area (Å²) in [6.45, 7) is 0.173. The van der Waals surface area contributed by atoms with E-state index in [0.29, 0.717) is 6.54 Å². The number of hydrogen-bond acceptors (Lipinski definition) is 2. The highest BCUT2D eigenvalue weighted by molar-refractivity contribution is 5.17. The van der Waals surface area contributed by atoms with Crippen LogP contribution in [0.2, 0.25) is 0 Å². The van der Waals surface area contributed by atoms with Gasteiger partial charge in [-0.2, -0.15) is 13.2 Å². The molecule has 0 spiro atoms. The number of halogens is 3. The fraction of sp³-hybridized carbons (Fsp3) is 0.500. The van der Waals surface area contributed by atoms with Gasteiger partial charge in [0.25, 0.3) is 0 Å². The maximum Gasteiger partial charge on any atom is 0.391 e. The molecule has 0 aliphatic rings. The van der Waals surface area contributed by atoms with Crippen LogP contribution in [-0.2, 0) is 4.74 Å². The van der Waals surface area contributed by atoms with E-state index < -0.39 is 12.6 Å². The quantitative estimate of drug-likeness (QED) is 0.834. The smallest absolute Gasteiger partial charge is 0.372 e. The van der Waals surface area contributed by atoms with Crippen LogP contribution in [0.3, 0.4) is 0 Å². The Morgan fingerprint density at radius 1 is 1.24 bits per heavy atom. The van der Waals surface area contributed by atoms with Crippen LogP contribution < -0.4 is 5.32 Å². The molecule has 1 atom stereocenters. The third-order valence-electron chi connectivity index (χ3n) is 2.27. The summed E-state index contributed by atoms with van der Waals surface area (Å²) in [5.74, 6) is 0. The van der Waals surface area contributed by atoms with Crippen molar-refractivity contribution in [2.24, 2.45) is 0 Å². The van der Waals surface area contributed by atoms with Crippen molar-refractivity contribution < 1.29 is 17.9 Å². The molecule has 0 heterocycles. The molecule has 0 fully saturated rings. The van der Waals surface area contributed by atoms with E-state index in [-0.39, 0.29) is 12.7 Å². The van der Waals surface area contributed by atoms with Gasteiger partial charge in [-0.05, 0) is 12.6 Å². The van der Waals surface area contributed by atoms with Gasteiger partial charge in [0, 0.05) is 6.54 Å². The molecule has 1 N–H and O–H groups in total. The number of ether oxygens (including phenoxy) is 1. The van der Waals surface area contributed by atoms with Crippen molar-refractivity contribution in [3.63, 3.8) is 0 Å². The second kappa shape index (κ2) is 6.61. The highest BCUT2D eigenvalue weighted by Gasteiger charge is 2.27. The minimum atomic E-state index is -4.17. The molecule has 1 unspecified atom stereocenters. The van der Waals surface area contributed by atoms with Crippen molar-refractivity contribution in [2.75, 3.05) is 20.2 Å². The number of nitrogens with one attached hydrogen (secondary N) is 1. The highest BCUT2D eigenvalue weighted by Crippen LogP contribution is 2.22. The fourth-order valence-electron chi connectivity index (χ4n) is 1.44. The lowest BCUT2D eigenvalue weighted by Crippen LogP contribution is -2.22. The first kappa shape index (κ1) is 14.0. The van der Waals surface area contributed by atoms with Crippen LogP contribution in [0.1, 0.15) is 18.1 Å². The van der Waals surface area contributed by atoms with E-state index in [1.807, 2.05) is 30.3 Å². The summed E-state index contributed by atoms with van der Waals surface area (Å²) in [6.07, 6.45) is -5.43. The van der Waals surface area contributed by atoms with Crippen molar-refractivity contribution in [1.29, 1.82) is 0 Å². The van der Waals surface area contributed by atoms with Crippen LogP contribution in [0, 0.1) is 0 Å². The molecule has 0 amide bonds. The van der Waals surface area contributed by atoms with Crippen molar-refractivity contribution in [3.8, 4) is 0 Å². The monoisotopic (exact) mass is 247 g/mol. The molecular formula is C12H16F3NO. The van der Waals surface area contributed by atoms with Crippen LogP contribution >= 0.6 is 0 Å². The van der Waals surface area contributed by atoms with E-state index in [1.165, 1.54) is 0 Å². The van der Waals surface area contributed by atoms with Crippen molar-refractivity contribution in [1.82, 2.24) is 5.32 Å². The summed E-state index contributed by atoms with van der Waals surface area (Å²) in [5.41, 5.74) is 0.879. The fourth-order valence-corrected chi connectivity index (χ4v) is 1.44. The van der Waals surface area contributed by atoms with Crippen molar-refractivity contribution in [2.45, 2.75) is 18.7 Å². The Balaban J connectivity index is 2.50. The van der Waals surface area contributed by atoms with Crippen LogP contribution in [0.15, 0.2) is 30.3 Å². The SMILES string of the molecule is CNCC(OCCC(F)(F)F)c1ccccc1. The maximum atomic E-state index is 12.0. The van der Waals surface area contributed by atoms with Gasteiger partial charge >= 0.3 is 6.18 Å². The number of benzene rings is 1. The molecule has 0 aliphatic carbocycles. The zero-order valence-corrected chi connectivity index (χ0v) is 9.63. The molecule has 1 rings (SSSR count). The summed E-state index contributed by atoms with van der Waals surface area (Å²) in [4.78, 5) is 0. The molecule has 5 heteroatoms. The first-order valence-corrected chi connectivity index (χ1v) is 5.41.